The minimum Gasteiger partial charge on any atom is -0.399 e. The maximum atomic E-state index is 11.7. The maximum absolute atomic E-state index is 11.7. The van der Waals surface area contributed by atoms with Crippen molar-refractivity contribution in [3.05, 3.63) is 24.3 Å². The zero-order valence-corrected chi connectivity index (χ0v) is 10.6. The van der Waals surface area contributed by atoms with E-state index in [1.165, 1.54) is 12.8 Å². The molecule has 1 saturated carbocycles. The second-order valence-electron chi connectivity index (χ2n) is 4.41. The van der Waals surface area contributed by atoms with Crippen molar-refractivity contribution in [2.24, 2.45) is 0 Å². The van der Waals surface area contributed by atoms with Crippen LogP contribution in [0.2, 0.25) is 0 Å². The summed E-state index contributed by atoms with van der Waals surface area (Å²) in [6.45, 7) is 0. The molecule has 1 aromatic rings. The van der Waals surface area contributed by atoms with E-state index in [1.807, 2.05) is 24.3 Å². The van der Waals surface area contributed by atoms with E-state index in [1.54, 1.807) is 11.8 Å². The van der Waals surface area contributed by atoms with E-state index in [9.17, 15) is 4.79 Å². The molecular formula is C13H18N2OS. The number of carbonyl (C=O) groups excluding carboxylic acids is 1. The van der Waals surface area contributed by atoms with E-state index >= 15 is 0 Å². The Morgan fingerprint density at radius 2 is 1.94 bits per heavy atom. The van der Waals surface area contributed by atoms with Crippen molar-refractivity contribution in [3.8, 4) is 0 Å². The van der Waals surface area contributed by atoms with Crippen LogP contribution in [0.3, 0.4) is 0 Å². The van der Waals surface area contributed by atoms with Crippen LogP contribution in [0.1, 0.15) is 25.7 Å². The van der Waals surface area contributed by atoms with Crippen LogP contribution in [0.4, 0.5) is 5.69 Å². The molecule has 4 heteroatoms. The first-order valence-electron chi connectivity index (χ1n) is 6.02. The molecule has 0 atom stereocenters. The van der Waals surface area contributed by atoms with Gasteiger partial charge in [0.25, 0.3) is 0 Å². The summed E-state index contributed by atoms with van der Waals surface area (Å²) in [4.78, 5) is 12.8. The number of anilines is 1. The fourth-order valence-electron chi connectivity index (χ4n) is 2.05. The predicted molar refractivity (Wildman–Crippen MR) is 72.0 cm³/mol. The minimum absolute atomic E-state index is 0.138. The number of benzene rings is 1. The van der Waals surface area contributed by atoms with Crippen molar-refractivity contribution in [2.45, 2.75) is 36.6 Å². The van der Waals surface area contributed by atoms with Crippen LogP contribution in [0.15, 0.2) is 29.2 Å². The largest absolute Gasteiger partial charge is 0.399 e. The molecule has 92 valence electrons. The second kappa shape index (κ2) is 5.96. The zero-order chi connectivity index (χ0) is 12.1. The van der Waals surface area contributed by atoms with Crippen LogP contribution in [0, 0.1) is 0 Å². The number of amides is 1. The number of nitrogen functional groups attached to an aromatic ring is 1. The van der Waals surface area contributed by atoms with Gasteiger partial charge < -0.3 is 11.1 Å². The standard InChI is InChI=1S/C13H18N2OS/c14-10-5-7-12(8-6-10)17-9-13(16)15-11-3-1-2-4-11/h5-8,11H,1-4,9,14H2,(H,15,16). The second-order valence-corrected chi connectivity index (χ2v) is 5.46. The van der Waals surface area contributed by atoms with Crippen molar-refractivity contribution in [3.63, 3.8) is 0 Å². The molecule has 1 fully saturated rings. The van der Waals surface area contributed by atoms with Gasteiger partial charge >= 0.3 is 0 Å². The van der Waals surface area contributed by atoms with Crippen LogP contribution in [-0.4, -0.2) is 17.7 Å². The SMILES string of the molecule is Nc1ccc(SCC(=O)NC2CCCC2)cc1. The lowest BCUT2D eigenvalue weighted by atomic mass is 10.2. The van der Waals surface area contributed by atoms with E-state index < -0.39 is 0 Å². The number of nitrogens with one attached hydrogen (secondary N) is 1. The highest BCUT2D eigenvalue weighted by atomic mass is 32.2. The third-order valence-electron chi connectivity index (χ3n) is 2.97. The van der Waals surface area contributed by atoms with Crippen LogP contribution in [0.5, 0.6) is 0 Å². The topological polar surface area (TPSA) is 55.1 Å². The van der Waals surface area contributed by atoms with Crippen molar-refractivity contribution >= 4 is 23.4 Å². The maximum Gasteiger partial charge on any atom is 0.230 e. The number of carbonyl (C=O) groups is 1. The summed E-state index contributed by atoms with van der Waals surface area (Å²) >= 11 is 1.55. The Balaban J connectivity index is 1.73. The highest BCUT2D eigenvalue weighted by Gasteiger charge is 2.16. The van der Waals surface area contributed by atoms with Gasteiger partial charge in [-0.3, -0.25) is 4.79 Å². The third-order valence-corrected chi connectivity index (χ3v) is 3.98. The van der Waals surface area contributed by atoms with Gasteiger partial charge in [-0.05, 0) is 37.1 Å². The molecule has 0 aliphatic heterocycles. The van der Waals surface area contributed by atoms with Crippen LogP contribution in [-0.2, 0) is 4.79 Å². The number of hydrogen-bond acceptors (Lipinski definition) is 3. The zero-order valence-electron chi connectivity index (χ0n) is 9.82. The summed E-state index contributed by atoms with van der Waals surface area (Å²) < 4.78 is 0. The van der Waals surface area contributed by atoms with E-state index in [4.69, 9.17) is 5.73 Å². The predicted octanol–water partition coefficient (Wildman–Crippen LogP) is 2.42. The van der Waals surface area contributed by atoms with E-state index in [0.717, 1.165) is 23.4 Å². The summed E-state index contributed by atoms with van der Waals surface area (Å²) in [5.74, 6) is 0.624. The minimum atomic E-state index is 0.138. The lowest BCUT2D eigenvalue weighted by Crippen LogP contribution is -2.33. The molecule has 17 heavy (non-hydrogen) atoms. The lowest BCUT2D eigenvalue weighted by molar-refractivity contribution is -0.119. The van der Waals surface area contributed by atoms with E-state index in [2.05, 4.69) is 5.32 Å². The Kier molecular flexibility index (Phi) is 4.31. The molecule has 2 rings (SSSR count). The fraction of sp³-hybridized carbons (Fsp3) is 0.462. The van der Waals surface area contributed by atoms with Crippen molar-refractivity contribution < 1.29 is 4.79 Å². The summed E-state index contributed by atoms with van der Waals surface area (Å²) in [7, 11) is 0. The van der Waals surface area contributed by atoms with Gasteiger partial charge in [0.05, 0.1) is 5.75 Å². The summed E-state index contributed by atoms with van der Waals surface area (Å²) in [6.07, 6.45) is 4.77. The summed E-state index contributed by atoms with van der Waals surface area (Å²) in [5.41, 5.74) is 6.36. The molecular weight excluding hydrogens is 232 g/mol. The molecule has 1 aromatic carbocycles. The molecule has 3 N–H and O–H groups in total. The molecule has 0 heterocycles. The Labute approximate surface area is 106 Å². The molecule has 1 aliphatic carbocycles. The van der Waals surface area contributed by atoms with Gasteiger partial charge in [0.1, 0.15) is 0 Å². The summed E-state index contributed by atoms with van der Waals surface area (Å²) in [6, 6.07) is 8.02. The molecule has 1 aliphatic rings. The Morgan fingerprint density at radius 1 is 1.29 bits per heavy atom. The molecule has 0 aromatic heterocycles. The van der Waals surface area contributed by atoms with Crippen LogP contribution in [0.25, 0.3) is 0 Å². The van der Waals surface area contributed by atoms with Gasteiger partial charge in [0.15, 0.2) is 0 Å². The van der Waals surface area contributed by atoms with Crippen LogP contribution < -0.4 is 11.1 Å². The quantitative estimate of drug-likeness (QED) is 0.637. The van der Waals surface area contributed by atoms with Gasteiger partial charge in [0.2, 0.25) is 5.91 Å². The molecule has 1 amide bonds. The molecule has 0 bridgehead atoms. The molecule has 0 spiro atoms. The Bertz CT molecular complexity index is 372. The fourth-order valence-corrected chi connectivity index (χ4v) is 2.76. The highest BCUT2D eigenvalue weighted by Crippen LogP contribution is 2.20. The number of rotatable bonds is 4. The van der Waals surface area contributed by atoms with Gasteiger partial charge in [-0.15, -0.1) is 11.8 Å². The lowest BCUT2D eigenvalue weighted by Gasteiger charge is -2.11. The van der Waals surface area contributed by atoms with E-state index in [-0.39, 0.29) is 5.91 Å². The monoisotopic (exact) mass is 250 g/mol. The van der Waals surface area contributed by atoms with Crippen LogP contribution >= 0.6 is 11.8 Å². The van der Waals surface area contributed by atoms with Gasteiger partial charge in [-0.1, -0.05) is 12.8 Å². The Hall–Kier alpha value is -1.16. The first-order chi connectivity index (χ1) is 8.24. The normalized spacial score (nSPS) is 16.0. The van der Waals surface area contributed by atoms with E-state index in [0.29, 0.717) is 11.8 Å². The molecule has 0 saturated heterocycles. The van der Waals surface area contributed by atoms with Gasteiger partial charge in [-0.25, -0.2) is 0 Å². The number of thioether (sulfide) groups is 1. The number of hydrogen-bond donors (Lipinski definition) is 2. The molecule has 0 unspecified atom stereocenters. The molecule has 3 nitrogen and oxygen atoms in total. The smallest absolute Gasteiger partial charge is 0.230 e. The highest BCUT2D eigenvalue weighted by molar-refractivity contribution is 8.00. The van der Waals surface area contributed by atoms with Crippen molar-refractivity contribution in [1.82, 2.24) is 5.32 Å². The van der Waals surface area contributed by atoms with Gasteiger partial charge in [-0.2, -0.15) is 0 Å². The van der Waals surface area contributed by atoms with Crippen molar-refractivity contribution in [2.75, 3.05) is 11.5 Å². The number of nitrogens with two attached hydrogens (primary N) is 1. The first kappa shape index (κ1) is 12.3. The average Bonchev–Trinajstić information content (AvgIpc) is 2.81. The Morgan fingerprint density at radius 3 is 2.59 bits per heavy atom. The average molecular weight is 250 g/mol. The molecule has 0 radical (unpaired) electrons. The first-order valence-corrected chi connectivity index (χ1v) is 7.00. The van der Waals surface area contributed by atoms with Gasteiger partial charge in [0, 0.05) is 16.6 Å². The van der Waals surface area contributed by atoms with Crippen molar-refractivity contribution in [1.29, 1.82) is 0 Å². The summed E-state index contributed by atoms with van der Waals surface area (Å²) in [5, 5.41) is 3.08. The third kappa shape index (κ3) is 3.97.